The van der Waals surface area contributed by atoms with Gasteiger partial charge in [-0.3, -0.25) is 0 Å². The number of hydrogen-bond donors (Lipinski definition) is 0. The van der Waals surface area contributed by atoms with Crippen LogP contribution in [-0.2, 0) is 0 Å². The molecule has 0 N–H and O–H groups in total. The van der Waals surface area contributed by atoms with Gasteiger partial charge in [-0.05, 0) is 13.0 Å². The van der Waals surface area contributed by atoms with Gasteiger partial charge in [-0.25, -0.2) is 0 Å². The first kappa shape index (κ1) is 9.73. The zero-order valence-electron chi connectivity index (χ0n) is 6.36. The lowest BCUT2D eigenvalue weighted by molar-refractivity contribution is 1.38. The van der Waals surface area contributed by atoms with Crippen molar-refractivity contribution in [2.24, 2.45) is 0 Å². The molecule has 0 amide bonds. The lowest BCUT2D eigenvalue weighted by atomic mass is 10.4. The average molecular weight is 173 g/mol. The van der Waals surface area contributed by atoms with Crippen LogP contribution >= 0.6 is 11.1 Å². The first-order valence-corrected chi connectivity index (χ1v) is 6.52. The second kappa shape index (κ2) is 3.79. The Labute approximate surface area is 68.6 Å². The number of halogens is 1. The molecule has 0 aromatic rings. The van der Waals surface area contributed by atoms with Crippen LogP contribution in [0.1, 0.15) is 6.92 Å². The molecule has 56 valence electrons. The smallest absolute Gasteiger partial charge is 0.156 e. The van der Waals surface area contributed by atoms with Gasteiger partial charge in [0.25, 0.3) is 0 Å². The second-order valence-electron chi connectivity index (χ2n) is 2.47. The van der Waals surface area contributed by atoms with Crippen molar-refractivity contribution in [1.29, 1.82) is 0 Å². The van der Waals surface area contributed by atoms with Crippen molar-refractivity contribution in [2.45, 2.75) is 13.0 Å². The molecule has 0 fully saturated rings. The predicted octanol–water partition coefficient (Wildman–Crippen LogP) is 3.20. The fraction of sp³-hybridized carbons (Fsp3) is 0.250. The normalized spacial score (nSPS) is 10.6. The Morgan fingerprint density at radius 1 is 1.50 bits per heavy atom. The van der Waals surface area contributed by atoms with E-state index in [1.54, 1.807) is 0 Å². The molecule has 0 atom stereocenters. The zero-order chi connectivity index (χ0) is 8.20. The van der Waals surface area contributed by atoms with Crippen LogP contribution in [0.15, 0.2) is 36.7 Å². The predicted molar refractivity (Wildman–Crippen MR) is 51.6 cm³/mol. The van der Waals surface area contributed by atoms with E-state index in [0.29, 0.717) is 0 Å². The molecular weight excluding hydrogens is 160 g/mol. The average Bonchev–Trinajstić information content (AvgIpc) is 1.87. The van der Waals surface area contributed by atoms with E-state index in [2.05, 4.69) is 19.7 Å². The van der Waals surface area contributed by atoms with Gasteiger partial charge in [0.1, 0.15) is 0 Å². The molecule has 0 radical (unpaired) electrons. The van der Waals surface area contributed by atoms with Crippen LogP contribution in [0, 0.1) is 0 Å². The van der Waals surface area contributed by atoms with Crippen LogP contribution in [0.3, 0.4) is 0 Å². The molecule has 0 unspecified atom stereocenters. The second-order valence-corrected chi connectivity index (χ2v) is 7.60. The molecule has 0 spiro atoms. The fourth-order valence-corrected chi connectivity index (χ4v) is 2.75. The molecule has 0 bridgehead atoms. The van der Waals surface area contributed by atoms with Crippen molar-refractivity contribution in [3.63, 3.8) is 0 Å². The summed E-state index contributed by atoms with van der Waals surface area (Å²) >= 11 is 6.15. The van der Waals surface area contributed by atoms with E-state index in [-0.39, 0.29) is 0 Å². The summed E-state index contributed by atoms with van der Waals surface area (Å²) in [6, 6.07) is 0.849. The fourth-order valence-electron chi connectivity index (χ4n) is 0.690. The minimum absolute atomic E-state index is 0.849. The van der Waals surface area contributed by atoms with Gasteiger partial charge in [0.05, 0.1) is 0 Å². The van der Waals surface area contributed by atoms with Crippen LogP contribution in [0.4, 0.5) is 0 Å². The van der Waals surface area contributed by atoms with E-state index >= 15 is 0 Å². The third-order valence-corrected chi connectivity index (χ3v) is 5.08. The highest BCUT2D eigenvalue weighted by molar-refractivity contribution is 7.26. The van der Waals surface area contributed by atoms with E-state index in [1.165, 1.54) is 0 Å². The summed E-state index contributed by atoms with van der Waals surface area (Å²) in [4.78, 5) is 0. The van der Waals surface area contributed by atoms with Gasteiger partial charge in [0, 0.05) is 0 Å². The lowest BCUT2D eigenvalue weighted by Crippen LogP contribution is -2.20. The van der Waals surface area contributed by atoms with Gasteiger partial charge in [-0.15, -0.1) is 19.7 Å². The molecule has 10 heavy (non-hydrogen) atoms. The molecule has 0 aromatic heterocycles. The van der Waals surface area contributed by atoms with E-state index < -0.39 is 7.38 Å². The molecule has 0 aliphatic rings. The molecule has 0 nitrogen and oxygen atoms in total. The zero-order valence-corrected chi connectivity index (χ0v) is 8.12. The molecule has 0 aliphatic carbocycles. The summed E-state index contributed by atoms with van der Waals surface area (Å²) in [5.74, 6) is 0. The minimum Gasteiger partial charge on any atom is -0.156 e. The Morgan fingerprint density at radius 3 is 2.00 bits per heavy atom. The van der Waals surface area contributed by atoms with E-state index in [0.717, 1.165) is 11.6 Å². The standard InChI is InChI=1S/C8H13ClSi/c1-5-10(9,6-2)7-8(3)4/h5-6H,1-3,7H2,4H3. The van der Waals surface area contributed by atoms with Crippen LogP contribution in [0.2, 0.25) is 6.04 Å². The van der Waals surface area contributed by atoms with Gasteiger partial charge in [0.15, 0.2) is 0 Å². The van der Waals surface area contributed by atoms with Gasteiger partial charge in [-0.1, -0.05) is 17.0 Å². The molecule has 0 aromatic carbocycles. The maximum atomic E-state index is 6.15. The molecule has 0 aliphatic heterocycles. The third-order valence-electron chi connectivity index (χ3n) is 1.25. The Hall–Kier alpha value is -0.273. The van der Waals surface area contributed by atoms with Gasteiger partial charge < -0.3 is 0 Å². The first-order valence-electron chi connectivity index (χ1n) is 3.14. The highest BCUT2D eigenvalue weighted by atomic mass is 35.6. The molecule has 0 rings (SSSR count). The summed E-state index contributed by atoms with van der Waals surface area (Å²) in [7, 11) is -1.86. The molecule has 0 saturated carbocycles. The first-order chi connectivity index (χ1) is 4.54. The summed E-state index contributed by atoms with van der Waals surface area (Å²) in [5, 5.41) is 0. The van der Waals surface area contributed by atoms with Gasteiger partial charge in [0.2, 0.25) is 7.38 Å². The van der Waals surface area contributed by atoms with Crippen molar-refractivity contribution in [1.82, 2.24) is 0 Å². The van der Waals surface area contributed by atoms with E-state index in [4.69, 9.17) is 11.1 Å². The van der Waals surface area contributed by atoms with Crippen LogP contribution in [0.25, 0.3) is 0 Å². The Balaban J connectivity index is 4.19. The Kier molecular flexibility index (Phi) is 3.69. The third kappa shape index (κ3) is 3.04. The highest BCUT2D eigenvalue weighted by Crippen LogP contribution is 2.21. The monoisotopic (exact) mass is 172 g/mol. The maximum Gasteiger partial charge on any atom is 0.205 e. The summed E-state index contributed by atoms with van der Waals surface area (Å²) in [6.45, 7) is 13.1. The van der Waals surface area contributed by atoms with Crippen molar-refractivity contribution < 1.29 is 0 Å². The molecule has 2 heteroatoms. The number of allylic oxidation sites excluding steroid dienone is 1. The summed E-state index contributed by atoms with van der Waals surface area (Å²) in [6.07, 6.45) is 0. The van der Waals surface area contributed by atoms with Crippen LogP contribution in [-0.4, -0.2) is 7.38 Å². The quantitative estimate of drug-likeness (QED) is 0.347. The molecular formula is C8H13ClSi. The minimum atomic E-state index is -1.86. The Morgan fingerprint density at radius 2 is 1.90 bits per heavy atom. The van der Waals surface area contributed by atoms with Gasteiger partial charge >= 0.3 is 0 Å². The SMILES string of the molecule is C=C[Si](Cl)(C=C)CC(=C)C. The molecule has 0 heterocycles. The van der Waals surface area contributed by atoms with Crippen molar-refractivity contribution in [2.75, 3.05) is 0 Å². The van der Waals surface area contributed by atoms with E-state index in [9.17, 15) is 0 Å². The van der Waals surface area contributed by atoms with Crippen molar-refractivity contribution in [3.8, 4) is 0 Å². The summed E-state index contributed by atoms with van der Waals surface area (Å²) in [5.41, 5.74) is 4.73. The summed E-state index contributed by atoms with van der Waals surface area (Å²) < 4.78 is 0. The lowest BCUT2D eigenvalue weighted by Gasteiger charge is -2.14. The topological polar surface area (TPSA) is 0 Å². The van der Waals surface area contributed by atoms with Crippen LogP contribution < -0.4 is 0 Å². The van der Waals surface area contributed by atoms with Crippen LogP contribution in [0.5, 0.6) is 0 Å². The largest absolute Gasteiger partial charge is 0.205 e. The van der Waals surface area contributed by atoms with E-state index in [1.807, 2.05) is 18.3 Å². The van der Waals surface area contributed by atoms with Gasteiger partial charge in [-0.2, -0.15) is 11.1 Å². The number of hydrogen-bond acceptors (Lipinski definition) is 0. The molecule has 0 saturated heterocycles. The van der Waals surface area contributed by atoms with Crippen molar-refractivity contribution in [3.05, 3.63) is 36.7 Å². The van der Waals surface area contributed by atoms with Crippen molar-refractivity contribution >= 4 is 18.5 Å². The maximum absolute atomic E-state index is 6.15. The number of rotatable bonds is 4. The highest BCUT2D eigenvalue weighted by Gasteiger charge is 2.21. The Bertz CT molecular complexity index is 153.